The van der Waals surface area contributed by atoms with Crippen molar-refractivity contribution in [2.24, 2.45) is 5.92 Å². The van der Waals surface area contributed by atoms with Crippen molar-refractivity contribution in [2.45, 2.75) is 39.5 Å². The molecule has 7 heteroatoms. The predicted molar refractivity (Wildman–Crippen MR) is 116 cm³/mol. The third kappa shape index (κ3) is 4.85. The second-order valence-corrected chi connectivity index (χ2v) is 7.92. The van der Waals surface area contributed by atoms with E-state index in [9.17, 15) is 19.6 Å². The molecule has 1 amide bonds. The van der Waals surface area contributed by atoms with Crippen LogP contribution in [0.2, 0.25) is 0 Å². The maximum absolute atomic E-state index is 12.7. The fourth-order valence-corrected chi connectivity index (χ4v) is 4.19. The average molecular weight is 421 g/mol. The third-order valence-corrected chi connectivity index (χ3v) is 6.10. The highest BCUT2D eigenvalue weighted by atomic mass is 16.5. The number of rotatable bonds is 6. The summed E-state index contributed by atoms with van der Waals surface area (Å²) in [6.45, 7) is 4.64. The first kappa shape index (κ1) is 22.3. The number of amides is 1. The number of hydrogen-bond donors (Lipinski definition) is 1. The molecule has 1 aliphatic rings. The number of Topliss-reactive ketones (excluding diaryl/α,β-unsaturated/α-hetero) is 1. The van der Waals surface area contributed by atoms with Gasteiger partial charge in [0.15, 0.2) is 5.78 Å². The fourth-order valence-electron chi connectivity index (χ4n) is 4.19. The van der Waals surface area contributed by atoms with Crippen LogP contribution < -0.4 is 10.3 Å². The fraction of sp³-hybridized carbons (Fsp3) is 0.417. The van der Waals surface area contributed by atoms with E-state index in [1.54, 1.807) is 50.1 Å². The molecule has 1 aromatic heterocycles. The van der Waals surface area contributed by atoms with Gasteiger partial charge in [-0.1, -0.05) is 0 Å². The first-order chi connectivity index (χ1) is 14.8. The van der Waals surface area contributed by atoms with Gasteiger partial charge in [-0.15, -0.1) is 0 Å². The number of pyridine rings is 1. The van der Waals surface area contributed by atoms with Gasteiger partial charge in [0.2, 0.25) is 5.91 Å². The van der Waals surface area contributed by atoms with Crippen LogP contribution in [0.1, 0.15) is 52.0 Å². The number of piperidine rings is 1. The number of ether oxygens (including phenoxy) is 1. The van der Waals surface area contributed by atoms with E-state index in [1.165, 1.54) is 0 Å². The molecule has 1 saturated heterocycles. The second kappa shape index (κ2) is 9.61. The lowest BCUT2D eigenvalue weighted by atomic mass is 9.88. The van der Waals surface area contributed by atoms with Crippen LogP contribution in [-0.4, -0.2) is 41.8 Å². The molecule has 0 aliphatic carbocycles. The van der Waals surface area contributed by atoms with Crippen molar-refractivity contribution in [3.05, 3.63) is 62.6 Å². The second-order valence-electron chi connectivity index (χ2n) is 7.92. The maximum Gasteiger partial charge on any atom is 0.266 e. The molecule has 1 aromatic carbocycles. The zero-order valence-electron chi connectivity index (χ0n) is 18.2. The Bertz CT molecular complexity index is 1070. The first-order valence-corrected chi connectivity index (χ1v) is 10.4. The summed E-state index contributed by atoms with van der Waals surface area (Å²) in [5.41, 5.74) is 2.55. The molecule has 31 heavy (non-hydrogen) atoms. The van der Waals surface area contributed by atoms with E-state index < -0.39 is 5.56 Å². The standard InChI is InChI=1S/C24H27N3O4/c1-15-20(16(2)26-24(30)21(15)14-25)8-9-22(28)27-12-10-18(11-13-27)23(29)17-4-6-19(31-3)7-5-17/h4-7,18H,8-13H2,1-3H3,(H,26,30). The molecule has 0 bridgehead atoms. The SMILES string of the molecule is COc1ccc(C(=O)C2CCN(C(=O)CCc3c(C)[nH]c(=O)c(C#N)c3C)CC2)cc1. The van der Waals surface area contributed by atoms with Crippen LogP contribution >= 0.6 is 0 Å². The van der Waals surface area contributed by atoms with Crippen LogP contribution in [0, 0.1) is 31.1 Å². The highest BCUT2D eigenvalue weighted by molar-refractivity contribution is 5.98. The molecule has 0 unspecified atom stereocenters. The Kier molecular flexibility index (Phi) is 6.91. The smallest absolute Gasteiger partial charge is 0.266 e. The van der Waals surface area contributed by atoms with Crippen LogP contribution in [0.15, 0.2) is 29.1 Å². The number of hydrogen-bond acceptors (Lipinski definition) is 5. The summed E-state index contributed by atoms with van der Waals surface area (Å²) in [6.07, 6.45) is 2.06. The minimum absolute atomic E-state index is 0.0267. The van der Waals surface area contributed by atoms with Gasteiger partial charge in [-0.05, 0) is 68.5 Å². The number of methoxy groups -OCH3 is 1. The Morgan fingerprint density at radius 3 is 2.42 bits per heavy atom. The molecular formula is C24H27N3O4. The van der Waals surface area contributed by atoms with E-state index in [4.69, 9.17) is 4.74 Å². The molecule has 0 spiro atoms. The van der Waals surface area contributed by atoms with Gasteiger partial charge in [0.1, 0.15) is 17.4 Å². The van der Waals surface area contributed by atoms with Gasteiger partial charge >= 0.3 is 0 Å². The first-order valence-electron chi connectivity index (χ1n) is 10.4. The average Bonchev–Trinajstić information content (AvgIpc) is 2.78. The van der Waals surface area contributed by atoms with Crippen molar-refractivity contribution in [1.82, 2.24) is 9.88 Å². The van der Waals surface area contributed by atoms with E-state index in [2.05, 4.69) is 4.98 Å². The number of nitrogens with zero attached hydrogens (tertiary/aromatic N) is 2. The van der Waals surface area contributed by atoms with E-state index in [0.717, 1.165) is 5.56 Å². The van der Waals surface area contributed by atoms with Gasteiger partial charge in [0.05, 0.1) is 7.11 Å². The number of nitriles is 1. The topological polar surface area (TPSA) is 103 Å². The number of carbonyl (C=O) groups is 2. The van der Waals surface area contributed by atoms with Gasteiger partial charge in [0, 0.05) is 36.7 Å². The highest BCUT2D eigenvalue weighted by Crippen LogP contribution is 2.24. The van der Waals surface area contributed by atoms with Crippen LogP contribution in [0.5, 0.6) is 5.75 Å². The zero-order valence-corrected chi connectivity index (χ0v) is 18.2. The molecule has 0 radical (unpaired) electrons. The summed E-state index contributed by atoms with van der Waals surface area (Å²) >= 11 is 0. The van der Waals surface area contributed by atoms with Crippen LogP contribution in [0.25, 0.3) is 0 Å². The van der Waals surface area contributed by atoms with Crippen LogP contribution in [0.3, 0.4) is 0 Å². The monoisotopic (exact) mass is 421 g/mol. The number of benzene rings is 1. The lowest BCUT2D eigenvalue weighted by Crippen LogP contribution is -2.40. The summed E-state index contributed by atoms with van der Waals surface area (Å²) in [4.78, 5) is 41.8. The van der Waals surface area contributed by atoms with Crippen molar-refractivity contribution in [3.8, 4) is 11.8 Å². The Morgan fingerprint density at radius 2 is 1.84 bits per heavy atom. The number of H-pyrrole nitrogens is 1. The molecular weight excluding hydrogens is 394 g/mol. The van der Waals surface area contributed by atoms with Crippen LogP contribution in [-0.2, 0) is 11.2 Å². The number of likely N-dealkylation sites (tertiary alicyclic amines) is 1. The van der Waals surface area contributed by atoms with Crippen molar-refractivity contribution < 1.29 is 14.3 Å². The van der Waals surface area contributed by atoms with E-state index >= 15 is 0 Å². The summed E-state index contributed by atoms with van der Waals surface area (Å²) < 4.78 is 5.13. The Labute approximate surface area is 181 Å². The van der Waals surface area contributed by atoms with Crippen molar-refractivity contribution >= 4 is 11.7 Å². The number of carbonyl (C=O) groups excluding carboxylic acids is 2. The Morgan fingerprint density at radius 1 is 1.19 bits per heavy atom. The minimum atomic E-state index is -0.392. The number of nitrogens with one attached hydrogen (secondary N) is 1. The summed E-state index contributed by atoms with van der Waals surface area (Å²) in [5.74, 6) is 0.767. The lowest BCUT2D eigenvalue weighted by Gasteiger charge is -2.31. The van der Waals surface area contributed by atoms with Gasteiger partial charge in [0.25, 0.3) is 5.56 Å². The van der Waals surface area contributed by atoms with Gasteiger partial charge in [-0.25, -0.2) is 0 Å². The van der Waals surface area contributed by atoms with Crippen molar-refractivity contribution in [2.75, 3.05) is 20.2 Å². The maximum atomic E-state index is 12.7. The lowest BCUT2D eigenvalue weighted by molar-refractivity contribution is -0.132. The number of aromatic nitrogens is 1. The molecule has 1 N–H and O–H groups in total. The largest absolute Gasteiger partial charge is 0.497 e. The third-order valence-electron chi connectivity index (χ3n) is 6.10. The van der Waals surface area contributed by atoms with Gasteiger partial charge in [-0.2, -0.15) is 5.26 Å². The molecule has 1 aliphatic heterocycles. The van der Waals surface area contributed by atoms with Crippen molar-refractivity contribution in [3.63, 3.8) is 0 Å². The minimum Gasteiger partial charge on any atom is -0.497 e. The molecule has 162 valence electrons. The summed E-state index contributed by atoms with van der Waals surface area (Å²) in [7, 11) is 1.59. The highest BCUT2D eigenvalue weighted by Gasteiger charge is 2.28. The quantitative estimate of drug-likeness (QED) is 0.723. The number of ketones is 1. The molecule has 0 atom stereocenters. The molecule has 1 fully saturated rings. The molecule has 7 nitrogen and oxygen atoms in total. The normalized spacial score (nSPS) is 14.2. The number of aromatic amines is 1. The summed E-state index contributed by atoms with van der Waals surface area (Å²) in [6, 6.07) is 9.07. The van der Waals surface area contributed by atoms with Crippen molar-refractivity contribution in [1.29, 1.82) is 5.26 Å². The summed E-state index contributed by atoms with van der Waals surface area (Å²) in [5, 5.41) is 9.20. The predicted octanol–water partition coefficient (Wildman–Crippen LogP) is 2.93. The van der Waals surface area contributed by atoms with E-state index in [1.807, 2.05) is 6.07 Å². The van der Waals surface area contributed by atoms with Crippen LogP contribution in [0.4, 0.5) is 0 Å². The molecule has 2 heterocycles. The zero-order chi connectivity index (χ0) is 22.5. The Hall–Kier alpha value is -3.40. The van der Waals surface area contributed by atoms with Gasteiger partial charge < -0.3 is 14.6 Å². The van der Waals surface area contributed by atoms with E-state index in [0.29, 0.717) is 61.3 Å². The molecule has 2 aromatic rings. The molecule has 3 rings (SSSR count). The number of aryl methyl sites for hydroxylation is 1. The molecule has 0 saturated carbocycles. The van der Waals surface area contributed by atoms with E-state index in [-0.39, 0.29) is 23.2 Å². The Balaban J connectivity index is 1.57. The van der Waals surface area contributed by atoms with Gasteiger partial charge in [-0.3, -0.25) is 14.4 Å².